The minimum atomic E-state index is -2.05. The van der Waals surface area contributed by atoms with Crippen molar-refractivity contribution in [3.05, 3.63) is 125 Å². The topological polar surface area (TPSA) is 105 Å². The van der Waals surface area contributed by atoms with E-state index in [9.17, 15) is 19.8 Å². The summed E-state index contributed by atoms with van der Waals surface area (Å²) in [5.41, 5.74) is 5.60. The minimum Gasteiger partial charge on any atom is -0.478 e. The zero-order chi connectivity index (χ0) is 32.8. The quantitative estimate of drug-likeness (QED) is 0.113. The van der Waals surface area contributed by atoms with Crippen LogP contribution in [0.15, 0.2) is 102 Å². The first kappa shape index (κ1) is 34.3. The predicted molar refractivity (Wildman–Crippen MR) is 181 cm³/mol. The maximum Gasteiger partial charge on any atom is 0.335 e. The number of aliphatic hydroxyl groups is 1. The summed E-state index contributed by atoms with van der Waals surface area (Å²) in [6.45, 7) is 2.25. The van der Waals surface area contributed by atoms with Gasteiger partial charge in [0.2, 0.25) is 0 Å². The molecule has 0 spiro atoms. The molecular formula is C35H32Cl3NO6S. The van der Waals surface area contributed by atoms with Gasteiger partial charge in [0.1, 0.15) is 0 Å². The molecule has 0 aromatic heterocycles. The summed E-state index contributed by atoms with van der Waals surface area (Å²) in [4.78, 5) is 24.3. The molecule has 1 saturated heterocycles. The Bertz CT molecular complexity index is 1650. The summed E-state index contributed by atoms with van der Waals surface area (Å²) in [5.74, 6) is -1.04. The first-order valence-corrected chi connectivity index (χ1v) is 16.7. The standard InChI is InChI=1S/C35H32Cl3NO6S/c1-21-30(20-46-28-16-14-25(15-17-28)32(41)42)44-33(45-31(21)24-8-6-22(19-40)7-9-24)26-12-10-23(11-13-26)29-5-3-2-4-27(29)18-39-34(43)35(36,37)38/h2-17,21,30-31,33,40H,18-20H2,1H3,(H,39,43)(H,41,42)/t21-,30+,31+,33+/m1/s1. The van der Waals surface area contributed by atoms with Crippen LogP contribution in [-0.4, -0.2) is 37.7 Å². The maximum absolute atomic E-state index is 12.1. The van der Waals surface area contributed by atoms with Gasteiger partial charge in [0.15, 0.2) is 6.29 Å². The van der Waals surface area contributed by atoms with Crippen molar-refractivity contribution in [2.45, 2.75) is 47.3 Å². The molecule has 1 heterocycles. The van der Waals surface area contributed by atoms with Crippen molar-refractivity contribution in [2.24, 2.45) is 5.92 Å². The molecule has 1 amide bonds. The third-order valence-corrected chi connectivity index (χ3v) is 9.46. The number of carbonyl (C=O) groups excluding carboxylic acids is 1. The first-order chi connectivity index (χ1) is 22.0. The van der Waals surface area contributed by atoms with E-state index in [1.54, 1.807) is 36.0 Å². The highest BCUT2D eigenvalue weighted by molar-refractivity contribution is 7.99. The van der Waals surface area contributed by atoms with Crippen LogP contribution in [0.5, 0.6) is 0 Å². The number of rotatable bonds is 10. The van der Waals surface area contributed by atoms with E-state index in [-0.39, 0.29) is 36.8 Å². The molecule has 0 radical (unpaired) electrons. The van der Waals surface area contributed by atoms with Crippen LogP contribution in [0, 0.1) is 5.92 Å². The molecule has 4 aromatic rings. The van der Waals surface area contributed by atoms with Gasteiger partial charge in [-0.1, -0.05) is 115 Å². The van der Waals surface area contributed by atoms with Crippen LogP contribution < -0.4 is 5.32 Å². The van der Waals surface area contributed by atoms with E-state index in [0.717, 1.165) is 38.3 Å². The first-order valence-electron chi connectivity index (χ1n) is 14.5. The molecule has 1 aliphatic heterocycles. The molecule has 0 aliphatic carbocycles. The second kappa shape index (κ2) is 15.2. The van der Waals surface area contributed by atoms with Crippen molar-refractivity contribution in [1.29, 1.82) is 0 Å². The monoisotopic (exact) mass is 699 g/mol. The summed E-state index contributed by atoms with van der Waals surface area (Å²) >= 11 is 18.7. The third-order valence-electron chi connectivity index (χ3n) is 7.85. The lowest BCUT2D eigenvalue weighted by molar-refractivity contribution is -0.268. The lowest BCUT2D eigenvalue weighted by Crippen LogP contribution is -2.38. The highest BCUT2D eigenvalue weighted by Crippen LogP contribution is 2.43. The highest BCUT2D eigenvalue weighted by atomic mass is 35.6. The Labute approximate surface area is 286 Å². The van der Waals surface area contributed by atoms with E-state index in [1.807, 2.05) is 72.8 Å². The lowest BCUT2D eigenvalue weighted by Gasteiger charge is -2.41. The molecule has 3 N–H and O–H groups in total. The zero-order valence-corrected chi connectivity index (χ0v) is 27.8. The average Bonchev–Trinajstić information content (AvgIpc) is 3.06. The molecule has 46 heavy (non-hydrogen) atoms. The summed E-state index contributed by atoms with van der Waals surface area (Å²) in [7, 11) is 0. The van der Waals surface area contributed by atoms with Crippen molar-refractivity contribution in [3.63, 3.8) is 0 Å². The van der Waals surface area contributed by atoms with E-state index in [2.05, 4.69) is 12.2 Å². The fraction of sp³-hybridized carbons (Fsp3) is 0.257. The maximum atomic E-state index is 12.1. The van der Waals surface area contributed by atoms with E-state index >= 15 is 0 Å². The van der Waals surface area contributed by atoms with E-state index < -0.39 is 22.0 Å². The second-order valence-corrected chi connectivity index (χ2v) is 14.3. The van der Waals surface area contributed by atoms with Gasteiger partial charge in [-0.15, -0.1) is 11.8 Å². The van der Waals surface area contributed by atoms with Crippen molar-refractivity contribution >= 4 is 58.4 Å². The number of nitrogens with one attached hydrogen (secondary N) is 1. The Morgan fingerprint density at radius 2 is 1.52 bits per heavy atom. The van der Waals surface area contributed by atoms with Gasteiger partial charge in [-0.2, -0.15) is 0 Å². The number of carboxylic acids is 1. The van der Waals surface area contributed by atoms with E-state index in [1.165, 1.54) is 0 Å². The number of hydrogen-bond donors (Lipinski definition) is 3. The van der Waals surface area contributed by atoms with Gasteiger partial charge in [0.25, 0.3) is 9.70 Å². The molecule has 1 fully saturated rings. The number of amides is 1. The van der Waals surface area contributed by atoms with Crippen LogP contribution in [0.1, 0.15) is 51.9 Å². The number of hydrogen-bond acceptors (Lipinski definition) is 6. The Morgan fingerprint density at radius 3 is 2.15 bits per heavy atom. The van der Waals surface area contributed by atoms with Gasteiger partial charge < -0.3 is 25.0 Å². The van der Waals surface area contributed by atoms with Crippen molar-refractivity contribution in [3.8, 4) is 11.1 Å². The number of aromatic carboxylic acids is 1. The van der Waals surface area contributed by atoms with Crippen LogP contribution in [0.2, 0.25) is 0 Å². The fourth-order valence-electron chi connectivity index (χ4n) is 5.23. The largest absolute Gasteiger partial charge is 0.478 e. The number of carbonyl (C=O) groups is 2. The Hall–Kier alpha value is -3.08. The van der Waals surface area contributed by atoms with Gasteiger partial charge >= 0.3 is 5.97 Å². The Balaban J connectivity index is 1.36. The number of carboxylic acid groups (broad SMARTS) is 1. The fourth-order valence-corrected chi connectivity index (χ4v) is 6.50. The number of benzene rings is 4. The Kier molecular flexibility index (Phi) is 11.3. The molecule has 0 bridgehead atoms. The van der Waals surface area contributed by atoms with Gasteiger partial charge in [-0.25, -0.2) is 4.79 Å². The molecule has 0 saturated carbocycles. The summed E-state index contributed by atoms with van der Waals surface area (Å²) in [5, 5.41) is 21.4. The summed E-state index contributed by atoms with van der Waals surface area (Å²) < 4.78 is 11.1. The SMILES string of the molecule is C[C@@H]1[C@H](CSc2ccc(C(=O)O)cc2)O[C@H](c2ccc(-c3ccccc3CNC(=O)C(Cl)(Cl)Cl)cc2)O[C@@H]1c1ccc(CO)cc1. The van der Waals surface area contributed by atoms with E-state index in [0.29, 0.717) is 5.75 Å². The van der Waals surface area contributed by atoms with Gasteiger partial charge in [-0.05, 0) is 52.1 Å². The molecule has 240 valence electrons. The van der Waals surface area contributed by atoms with Crippen LogP contribution in [0.3, 0.4) is 0 Å². The number of halogens is 3. The highest BCUT2D eigenvalue weighted by Gasteiger charge is 2.38. The molecule has 11 heteroatoms. The normalized spacial score (nSPS) is 19.8. The van der Waals surface area contributed by atoms with Gasteiger partial charge in [-0.3, -0.25) is 4.79 Å². The summed E-state index contributed by atoms with van der Waals surface area (Å²) in [6.07, 6.45) is -1.10. The second-order valence-electron chi connectivity index (χ2n) is 10.9. The number of alkyl halides is 3. The molecule has 4 aromatic carbocycles. The van der Waals surface area contributed by atoms with E-state index in [4.69, 9.17) is 44.3 Å². The van der Waals surface area contributed by atoms with Crippen LogP contribution >= 0.6 is 46.6 Å². The van der Waals surface area contributed by atoms with Gasteiger partial charge in [0, 0.05) is 28.7 Å². The number of thioether (sulfide) groups is 1. The smallest absolute Gasteiger partial charge is 0.335 e. The molecule has 7 nitrogen and oxygen atoms in total. The van der Waals surface area contributed by atoms with Crippen molar-refractivity contribution < 1.29 is 29.3 Å². The van der Waals surface area contributed by atoms with Crippen LogP contribution in [0.4, 0.5) is 0 Å². The number of aliphatic hydroxyl groups excluding tert-OH is 1. The number of ether oxygens (including phenoxy) is 2. The predicted octanol–water partition coefficient (Wildman–Crippen LogP) is 8.11. The van der Waals surface area contributed by atoms with Crippen LogP contribution in [-0.2, 0) is 27.4 Å². The molecule has 5 rings (SSSR count). The van der Waals surface area contributed by atoms with Gasteiger partial charge in [0.05, 0.1) is 24.4 Å². The third kappa shape index (κ3) is 8.44. The van der Waals surface area contributed by atoms with Crippen molar-refractivity contribution in [1.82, 2.24) is 5.32 Å². The molecular weight excluding hydrogens is 669 g/mol. The molecule has 0 unspecified atom stereocenters. The van der Waals surface area contributed by atoms with Crippen LogP contribution in [0.25, 0.3) is 11.1 Å². The Morgan fingerprint density at radius 1 is 0.870 bits per heavy atom. The lowest BCUT2D eigenvalue weighted by atomic mass is 9.91. The minimum absolute atomic E-state index is 0.00363. The van der Waals surface area contributed by atoms with Crippen molar-refractivity contribution in [2.75, 3.05) is 5.75 Å². The molecule has 4 atom stereocenters. The average molecular weight is 701 g/mol. The summed E-state index contributed by atoms with van der Waals surface area (Å²) in [6, 6.07) is 30.1. The zero-order valence-electron chi connectivity index (χ0n) is 24.7. The molecule has 1 aliphatic rings.